The van der Waals surface area contributed by atoms with Crippen LogP contribution in [-0.2, 0) is 4.74 Å². The van der Waals surface area contributed by atoms with Crippen LogP contribution in [0.2, 0.25) is 0 Å². The van der Waals surface area contributed by atoms with Gasteiger partial charge in [-0.1, -0.05) is 0 Å². The summed E-state index contributed by atoms with van der Waals surface area (Å²) in [6.45, 7) is 1.62. The number of anilines is 1. The Kier molecular flexibility index (Phi) is 2.67. The largest absolute Gasteiger partial charge is 0.465 e. The average Bonchev–Trinajstić information content (AvgIpc) is 2.31. The summed E-state index contributed by atoms with van der Waals surface area (Å²) < 4.78 is 17.9. The van der Waals surface area contributed by atoms with Gasteiger partial charge in [-0.3, -0.25) is 4.98 Å². The van der Waals surface area contributed by atoms with E-state index in [0.29, 0.717) is 16.5 Å². The molecule has 0 saturated heterocycles. The fourth-order valence-corrected chi connectivity index (χ4v) is 1.61. The van der Waals surface area contributed by atoms with E-state index in [4.69, 9.17) is 5.73 Å². The number of nitrogens with zero attached hydrogens (tertiary/aromatic N) is 1. The molecule has 0 atom stereocenters. The van der Waals surface area contributed by atoms with E-state index in [2.05, 4.69) is 9.72 Å². The highest BCUT2D eigenvalue weighted by Gasteiger charge is 2.14. The first-order valence-corrected chi connectivity index (χ1v) is 4.97. The van der Waals surface area contributed by atoms with Crippen molar-refractivity contribution in [2.75, 3.05) is 12.8 Å². The average molecular weight is 234 g/mol. The fraction of sp³-hybridized carbons (Fsp3) is 0.167. The molecule has 2 aromatic rings. The maximum atomic E-state index is 13.3. The molecule has 5 heteroatoms. The van der Waals surface area contributed by atoms with Crippen LogP contribution in [0, 0.1) is 12.7 Å². The van der Waals surface area contributed by atoms with Crippen LogP contribution < -0.4 is 5.73 Å². The van der Waals surface area contributed by atoms with Gasteiger partial charge in [0.05, 0.1) is 18.3 Å². The van der Waals surface area contributed by atoms with Gasteiger partial charge < -0.3 is 10.5 Å². The number of halogens is 1. The molecule has 0 saturated carbocycles. The standard InChI is InChI=1S/C12H11FN2O2/c1-6-3-7-10(4-9(6)13)15-5-8(11(7)14)12(16)17-2/h3-5H,1-2H3,(H2,14,15). The van der Waals surface area contributed by atoms with Gasteiger partial charge >= 0.3 is 5.97 Å². The van der Waals surface area contributed by atoms with E-state index < -0.39 is 5.97 Å². The lowest BCUT2D eigenvalue weighted by Crippen LogP contribution is -2.07. The molecule has 2 N–H and O–H groups in total. The third-order valence-electron chi connectivity index (χ3n) is 2.60. The number of benzene rings is 1. The topological polar surface area (TPSA) is 65.2 Å². The first-order chi connectivity index (χ1) is 8.04. The van der Waals surface area contributed by atoms with E-state index in [0.717, 1.165) is 0 Å². The molecule has 0 aliphatic rings. The zero-order valence-corrected chi connectivity index (χ0v) is 9.45. The normalized spacial score (nSPS) is 10.5. The van der Waals surface area contributed by atoms with E-state index in [1.54, 1.807) is 13.0 Å². The van der Waals surface area contributed by atoms with Crippen molar-refractivity contribution in [3.8, 4) is 0 Å². The van der Waals surface area contributed by atoms with Gasteiger partial charge in [-0.05, 0) is 18.6 Å². The number of methoxy groups -OCH3 is 1. The summed E-state index contributed by atoms with van der Waals surface area (Å²) in [6, 6.07) is 2.86. The van der Waals surface area contributed by atoms with Crippen LogP contribution in [0.15, 0.2) is 18.3 Å². The van der Waals surface area contributed by atoms with Crippen molar-refractivity contribution in [1.29, 1.82) is 0 Å². The summed E-state index contributed by atoms with van der Waals surface area (Å²) in [7, 11) is 1.27. The number of hydrogen-bond acceptors (Lipinski definition) is 4. The lowest BCUT2D eigenvalue weighted by Gasteiger charge is -2.08. The summed E-state index contributed by atoms with van der Waals surface area (Å²) in [4.78, 5) is 15.4. The second-order valence-corrected chi connectivity index (χ2v) is 3.70. The SMILES string of the molecule is COC(=O)c1cnc2cc(F)c(C)cc2c1N. The zero-order chi connectivity index (χ0) is 12.6. The minimum absolute atomic E-state index is 0.186. The van der Waals surface area contributed by atoms with Crippen LogP contribution in [0.3, 0.4) is 0 Å². The Hall–Kier alpha value is -2.17. The Balaban J connectivity index is 2.75. The number of fused-ring (bicyclic) bond motifs is 1. The molecule has 0 unspecified atom stereocenters. The molecule has 17 heavy (non-hydrogen) atoms. The van der Waals surface area contributed by atoms with Crippen molar-refractivity contribution < 1.29 is 13.9 Å². The number of rotatable bonds is 1. The third kappa shape index (κ3) is 1.80. The Morgan fingerprint density at radius 1 is 1.47 bits per heavy atom. The molecule has 2 rings (SSSR count). The molecule has 0 fully saturated rings. The quantitative estimate of drug-likeness (QED) is 0.767. The van der Waals surface area contributed by atoms with E-state index in [1.165, 1.54) is 19.4 Å². The molecule has 1 heterocycles. The lowest BCUT2D eigenvalue weighted by molar-refractivity contribution is 0.0601. The summed E-state index contributed by atoms with van der Waals surface area (Å²) in [6.07, 6.45) is 1.29. The van der Waals surface area contributed by atoms with Crippen molar-refractivity contribution in [2.24, 2.45) is 0 Å². The number of nitrogen functional groups attached to an aromatic ring is 1. The molecular weight excluding hydrogens is 223 g/mol. The molecule has 1 aromatic heterocycles. The number of aryl methyl sites for hydroxylation is 1. The first-order valence-electron chi connectivity index (χ1n) is 4.97. The van der Waals surface area contributed by atoms with Gasteiger partial charge in [-0.2, -0.15) is 0 Å². The van der Waals surface area contributed by atoms with Crippen LogP contribution in [0.4, 0.5) is 10.1 Å². The number of aromatic nitrogens is 1. The number of nitrogens with two attached hydrogens (primary N) is 1. The molecular formula is C12H11FN2O2. The number of carbonyl (C=O) groups is 1. The molecule has 0 amide bonds. The Morgan fingerprint density at radius 3 is 2.82 bits per heavy atom. The molecule has 88 valence electrons. The maximum Gasteiger partial charge on any atom is 0.341 e. The van der Waals surface area contributed by atoms with Crippen LogP contribution in [0.1, 0.15) is 15.9 Å². The molecule has 0 aliphatic heterocycles. The number of esters is 1. The predicted molar refractivity (Wildman–Crippen MR) is 62.2 cm³/mol. The highest BCUT2D eigenvalue weighted by molar-refractivity contribution is 6.04. The molecule has 4 nitrogen and oxygen atoms in total. The highest BCUT2D eigenvalue weighted by atomic mass is 19.1. The third-order valence-corrected chi connectivity index (χ3v) is 2.60. The number of hydrogen-bond donors (Lipinski definition) is 1. The van der Waals surface area contributed by atoms with Crippen molar-refractivity contribution in [3.05, 3.63) is 35.3 Å². The van der Waals surface area contributed by atoms with Crippen LogP contribution in [-0.4, -0.2) is 18.1 Å². The highest BCUT2D eigenvalue weighted by Crippen LogP contribution is 2.25. The Morgan fingerprint density at radius 2 is 2.18 bits per heavy atom. The van der Waals surface area contributed by atoms with Crippen molar-refractivity contribution in [2.45, 2.75) is 6.92 Å². The number of pyridine rings is 1. The molecule has 1 aromatic carbocycles. The molecule has 0 aliphatic carbocycles. The van der Waals surface area contributed by atoms with Gasteiger partial charge in [-0.15, -0.1) is 0 Å². The van der Waals surface area contributed by atoms with Crippen LogP contribution in [0.25, 0.3) is 10.9 Å². The zero-order valence-electron chi connectivity index (χ0n) is 9.45. The van der Waals surface area contributed by atoms with Crippen LogP contribution in [0.5, 0.6) is 0 Å². The lowest BCUT2D eigenvalue weighted by atomic mass is 10.1. The second-order valence-electron chi connectivity index (χ2n) is 3.70. The number of ether oxygens (including phenoxy) is 1. The summed E-state index contributed by atoms with van der Waals surface area (Å²) in [5, 5.41) is 0.548. The molecule has 0 bridgehead atoms. The minimum Gasteiger partial charge on any atom is -0.465 e. The van der Waals surface area contributed by atoms with Gasteiger partial charge in [0.25, 0.3) is 0 Å². The van der Waals surface area contributed by atoms with Gasteiger partial charge in [-0.25, -0.2) is 9.18 Å². The van der Waals surface area contributed by atoms with Crippen molar-refractivity contribution in [1.82, 2.24) is 4.98 Å². The minimum atomic E-state index is -0.557. The Bertz CT molecular complexity index is 611. The predicted octanol–water partition coefficient (Wildman–Crippen LogP) is 2.05. The summed E-state index contributed by atoms with van der Waals surface area (Å²) in [5.74, 6) is -0.908. The van der Waals surface area contributed by atoms with E-state index >= 15 is 0 Å². The van der Waals surface area contributed by atoms with Crippen molar-refractivity contribution >= 4 is 22.6 Å². The Labute approximate surface area is 97.2 Å². The summed E-state index contributed by atoms with van der Waals surface area (Å²) >= 11 is 0. The molecule has 0 spiro atoms. The van der Waals surface area contributed by atoms with Crippen LogP contribution >= 0.6 is 0 Å². The van der Waals surface area contributed by atoms with E-state index in [9.17, 15) is 9.18 Å². The van der Waals surface area contributed by atoms with Gasteiger partial charge in [0.2, 0.25) is 0 Å². The van der Waals surface area contributed by atoms with Gasteiger partial charge in [0, 0.05) is 17.6 Å². The molecule has 0 radical (unpaired) electrons. The summed E-state index contributed by atoms with van der Waals surface area (Å²) in [5.41, 5.74) is 7.16. The second kappa shape index (κ2) is 4.01. The number of carbonyl (C=O) groups excluding carboxylic acids is 1. The maximum absolute atomic E-state index is 13.3. The first kappa shape index (κ1) is 11.3. The monoisotopic (exact) mass is 234 g/mol. The van der Waals surface area contributed by atoms with Crippen molar-refractivity contribution in [3.63, 3.8) is 0 Å². The van der Waals surface area contributed by atoms with Gasteiger partial charge in [0.1, 0.15) is 11.4 Å². The fourth-order valence-electron chi connectivity index (χ4n) is 1.61. The van der Waals surface area contributed by atoms with E-state index in [1.807, 2.05) is 0 Å². The van der Waals surface area contributed by atoms with E-state index in [-0.39, 0.29) is 17.1 Å². The van der Waals surface area contributed by atoms with Gasteiger partial charge in [0.15, 0.2) is 0 Å². The smallest absolute Gasteiger partial charge is 0.341 e.